The average molecular weight is 276 g/mol. The number of hydrogen-bond acceptors (Lipinski definition) is 2. The first-order chi connectivity index (χ1) is 9.84. The highest BCUT2D eigenvalue weighted by atomic mass is 16.6. The van der Waals surface area contributed by atoms with Crippen LogP contribution < -0.4 is 0 Å². The van der Waals surface area contributed by atoms with E-state index in [-0.39, 0.29) is 11.9 Å². The third kappa shape index (κ3) is 3.27. The fourth-order valence-corrected chi connectivity index (χ4v) is 4.22. The summed E-state index contributed by atoms with van der Waals surface area (Å²) in [6.07, 6.45) is 18.1. The van der Waals surface area contributed by atoms with Gasteiger partial charge in [0.15, 0.2) is 0 Å². The fourth-order valence-electron chi connectivity index (χ4n) is 4.22. The highest BCUT2D eigenvalue weighted by Crippen LogP contribution is 2.41. The lowest BCUT2D eigenvalue weighted by Gasteiger charge is -2.34. The molecule has 0 radical (unpaired) electrons. The molecule has 1 heterocycles. The van der Waals surface area contributed by atoms with E-state index in [4.69, 9.17) is 4.74 Å². The van der Waals surface area contributed by atoms with Gasteiger partial charge in [-0.1, -0.05) is 51.4 Å². The van der Waals surface area contributed by atoms with Gasteiger partial charge in [0.05, 0.1) is 0 Å². The van der Waals surface area contributed by atoms with E-state index in [1.807, 2.05) is 0 Å². The molecule has 1 saturated heterocycles. The van der Waals surface area contributed by atoms with Crippen molar-refractivity contribution in [2.75, 3.05) is 0 Å². The van der Waals surface area contributed by atoms with E-state index < -0.39 is 0 Å². The zero-order valence-electron chi connectivity index (χ0n) is 12.6. The van der Waals surface area contributed by atoms with Crippen LogP contribution in [-0.4, -0.2) is 5.97 Å². The van der Waals surface area contributed by atoms with Gasteiger partial charge in [-0.15, -0.1) is 0 Å². The first kappa shape index (κ1) is 14.2. The number of ether oxygens (including phenoxy) is 1. The minimum Gasteiger partial charge on any atom is -0.430 e. The van der Waals surface area contributed by atoms with Gasteiger partial charge in [-0.05, 0) is 43.6 Å². The Morgan fingerprint density at radius 1 is 0.800 bits per heavy atom. The van der Waals surface area contributed by atoms with Crippen molar-refractivity contribution in [2.45, 2.75) is 77.0 Å². The number of carbonyl (C=O) groups excluding carboxylic acids is 1. The van der Waals surface area contributed by atoms with Gasteiger partial charge in [-0.3, -0.25) is 4.79 Å². The molecule has 0 N–H and O–H groups in total. The summed E-state index contributed by atoms with van der Waals surface area (Å²) in [5.74, 6) is 2.44. The average Bonchev–Trinajstić information content (AvgIpc) is 2.83. The SMILES string of the molecule is O=C1O/C(=C/C2CCCCCC2)C1C1CCCCCC1. The lowest BCUT2D eigenvalue weighted by molar-refractivity contribution is -0.160. The summed E-state index contributed by atoms with van der Waals surface area (Å²) in [7, 11) is 0. The second-order valence-electron chi connectivity index (χ2n) is 6.97. The van der Waals surface area contributed by atoms with Crippen LogP contribution in [0.4, 0.5) is 0 Å². The Morgan fingerprint density at radius 2 is 1.35 bits per heavy atom. The molecule has 0 amide bonds. The van der Waals surface area contributed by atoms with E-state index in [9.17, 15) is 4.79 Å². The van der Waals surface area contributed by atoms with Gasteiger partial charge in [0.25, 0.3) is 0 Å². The van der Waals surface area contributed by atoms with E-state index in [0.717, 1.165) is 5.76 Å². The summed E-state index contributed by atoms with van der Waals surface area (Å²) in [6, 6.07) is 0. The molecule has 3 aliphatic rings. The van der Waals surface area contributed by atoms with Crippen LogP contribution in [0.25, 0.3) is 0 Å². The van der Waals surface area contributed by atoms with Crippen LogP contribution in [-0.2, 0) is 9.53 Å². The molecule has 2 nitrogen and oxygen atoms in total. The minimum atomic E-state index is 0.0526. The van der Waals surface area contributed by atoms with Crippen molar-refractivity contribution in [1.29, 1.82) is 0 Å². The maximum atomic E-state index is 11.9. The predicted molar refractivity (Wildman–Crippen MR) is 80.0 cm³/mol. The summed E-state index contributed by atoms with van der Waals surface area (Å²) < 4.78 is 5.41. The summed E-state index contributed by atoms with van der Waals surface area (Å²) in [6.45, 7) is 0. The first-order valence-corrected chi connectivity index (χ1v) is 8.78. The number of cyclic esters (lactones) is 1. The van der Waals surface area contributed by atoms with Gasteiger partial charge >= 0.3 is 5.97 Å². The van der Waals surface area contributed by atoms with Crippen LogP contribution in [0, 0.1) is 17.8 Å². The molecule has 0 aromatic carbocycles. The molecule has 3 rings (SSSR count). The van der Waals surface area contributed by atoms with E-state index >= 15 is 0 Å². The molecule has 0 aromatic heterocycles. The topological polar surface area (TPSA) is 26.3 Å². The van der Waals surface area contributed by atoms with Crippen molar-refractivity contribution in [3.05, 3.63) is 11.8 Å². The van der Waals surface area contributed by atoms with E-state index in [1.165, 1.54) is 77.0 Å². The van der Waals surface area contributed by atoms with Crippen molar-refractivity contribution >= 4 is 5.97 Å². The maximum absolute atomic E-state index is 11.9. The number of carbonyl (C=O) groups is 1. The minimum absolute atomic E-state index is 0.0526. The highest BCUT2D eigenvalue weighted by molar-refractivity contribution is 5.83. The van der Waals surface area contributed by atoms with Crippen LogP contribution in [0.2, 0.25) is 0 Å². The zero-order valence-corrected chi connectivity index (χ0v) is 12.6. The molecule has 0 aromatic rings. The van der Waals surface area contributed by atoms with Gasteiger partial charge in [0, 0.05) is 0 Å². The summed E-state index contributed by atoms with van der Waals surface area (Å²) in [4.78, 5) is 11.9. The van der Waals surface area contributed by atoms with Gasteiger partial charge in [-0.25, -0.2) is 0 Å². The van der Waals surface area contributed by atoms with E-state index in [2.05, 4.69) is 6.08 Å². The number of esters is 1. The largest absolute Gasteiger partial charge is 0.430 e. The Kier molecular flexibility index (Phi) is 4.80. The lowest BCUT2D eigenvalue weighted by atomic mass is 9.80. The first-order valence-electron chi connectivity index (χ1n) is 8.78. The smallest absolute Gasteiger partial charge is 0.322 e. The Bertz CT molecular complexity index is 356. The Balaban J connectivity index is 1.64. The predicted octanol–water partition coefficient (Wildman–Crippen LogP) is 4.98. The molecule has 3 fully saturated rings. The normalized spacial score (nSPS) is 32.3. The molecule has 2 aliphatic carbocycles. The summed E-state index contributed by atoms with van der Waals surface area (Å²) in [5, 5.41) is 0. The van der Waals surface area contributed by atoms with Gasteiger partial charge in [0.1, 0.15) is 11.7 Å². The van der Waals surface area contributed by atoms with Crippen molar-refractivity contribution in [3.8, 4) is 0 Å². The Labute approximate surface area is 123 Å². The molecule has 112 valence electrons. The third-order valence-corrected chi connectivity index (χ3v) is 5.45. The molecule has 1 aliphatic heterocycles. The molecule has 1 unspecified atom stereocenters. The van der Waals surface area contributed by atoms with Crippen LogP contribution in [0.15, 0.2) is 11.8 Å². The molecule has 0 bridgehead atoms. The van der Waals surface area contributed by atoms with Gasteiger partial charge < -0.3 is 4.74 Å². The molecule has 2 heteroatoms. The molecule has 2 saturated carbocycles. The zero-order chi connectivity index (χ0) is 13.8. The lowest BCUT2D eigenvalue weighted by Crippen LogP contribution is -2.38. The van der Waals surface area contributed by atoms with Crippen LogP contribution >= 0.6 is 0 Å². The van der Waals surface area contributed by atoms with Crippen molar-refractivity contribution in [3.63, 3.8) is 0 Å². The third-order valence-electron chi connectivity index (χ3n) is 5.45. The molecule has 0 spiro atoms. The fraction of sp³-hybridized carbons (Fsp3) is 0.833. The van der Waals surface area contributed by atoms with Crippen molar-refractivity contribution < 1.29 is 9.53 Å². The highest BCUT2D eigenvalue weighted by Gasteiger charge is 2.43. The number of allylic oxidation sites excluding steroid dienone is 1. The maximum Gasteiger partial charge on any atom is 0.322 e. The van der Waals surface area contributed by atoms with Gasteiger partial charge in [-0.2, -0.15) is 0 Å². The number of rotatable bonds is 2. The monoisotopic (exact) mass is 276 g/mol. The summed E-state index contributed by atoms with van der Waals surface area (Å²) >= 11 is 0. The Hall–Kier alpha value is -0.790. The van der Waals surface area contributed by atoms with E-state index in [0.29, 0.717) is 11.8 Å². The molecule has 1 atom stereocenters. The second-order valence-corrected chi connectivity index (χ2v) is 6.97. The van der Waals surface area contributed by atoms with Crippen LogP contribution in [0.5, 0.6) is 0 Å². The van der Waals surface area contributed by atoms with E-state index in [1.54, 1.807) is 0 Å². The molecular weight excluding hydrogens is 248 g/mol. The second kappa shape index (κ2) is 6.78. The summed E-state index contributed by atoms with van der Waals surface area (Å²) in [5.41, 5.74) is 0. The van der Waals surface area contributed by atoms with Crippen molar-refractivity contribution in [1.82, 2.24) is 0 Å². The Morgan fingerprint density at radius 3 is 1.90 bits per heavy atom. The standard InChI is InChI=1S/C18H28O2/c19-18-17(15-11-7-3-4-8-12-15)16(20-18)13-14-9-5-1-2-6-10-14/h13-15,17H,1-12H2/b16-13+. The van der Waals surface area contributed by atoms with Crippen molar-refractivity contribution in [2.24, 2.45) is 17.8 Å². The van der Waals surface area contributed by atoms with Crippen LogP contribution in [0.3, 0.4) is 0 Å². The van der Waals surface area contributed by atoms with Gasteiger partial charge in [0.2, 0.25) is 0 Å². The van der Waals surface area contributed by atoms with Crippen LogP contribution in [0.1, 0.15) is 77.0 Å². The number of hydrogen-bond donors (Lipinski definition) is 0. The quantitative estimate of drug-likeness (QED) is 0.525. The molecule has 20 heavy (non-hydrogen) atoms. The molecular formula is C18H28O2.